The van der Waals surface area contributed by atoms with Crippen LogP contribution in [0.1, 0.15) is 66.9 Å². The number of pyridine rings is 1. The van der Waals surface area contributed by atoms with Crippen molar-refractivity contribution in [2.24, 2.45) is 0 Å². The minimum Gasteiger partial charge on any atom is -0.497 e. The van der Waals surface area contributed by atoms with Crippen molar-refractivity contribution in [1.29, 1.82) is 0 Å². The van der Waals surface area contributed by atoms with Gasteiger partial charge in [0, 0.05) is 73.3 Å². The first kappa shape index (κ1) is 41.6. The van der Waals surface area contributed by atoms with Crippen molar-refractivity contribution in [2.75, 3.05) is 64.2 Å². The Morgan fingerprint density at radius 2 is 1.60 bits per heavy atom. The van der Waals surface area contributed by atoms with Gasteiger partial charge in [-0.2, -0.15) is 0 Å². The van der Waals surface area contributed by atoms with Gasteiger partial charge in [-0.15, -0.1) is 0 Å². The number of fused-ring (bicyclic) bond motifs is 1. The summed E-state index contributed by atoms with van der Waals surface area (Å²) in [5, 5.41) is 10.6. The molecule has 1 aliphatic heterocycles. The van der Waals surface area contributed by atoms with E-state index >= 15 is 0 Å². The monoisotopic (exact) mass is 787 g/mol. The van der Waals surface area contributed by atoms with Crippen LogP contribution in [0.3, 0.4) is 0 Å². The molecule has 0 bridgehead atoms. The first-order chi connectivity index (χ1) is 27.9. The number of urea groups is 1. The number of benzene rings is 4. The summed E-state index contributed by atoms with van der Waals surface area (Å²) in [5.74, 6) is 2.23. The molecule has 3 N–H and O–H groups in total. The minimum absolute atomic E-state index is 0.0827. The highest BCUT2D eigenvalue weighted by Crippen LogP contribution is 2.38. The van der Waals surface area contributed by atoms with Gasteiger partial charge in [0.25, 0.3) is 5.91 Å². The second kappa shape index (κ2) is 19.0. The number of aromatic nitrogens is 1. The second-order valence-corrected chi connectivity index (χ2v) is 15.4. The van der Waals surface area contributed by atoms with Gasteiger partial charge in [0.05, 0.1) is 38.8 Å². The molecule has 0 unspecified atom stereocenters. The Labute approximate surface area is 340 Å². The van der Waals surface area contributed by atoms with Crippen LogP contribution in [-0.4, -0.2) is 81.2 Å². The van der Waals surface area contributed by atoms with E-state index in [4.69, 9.17) is 18.9 Å². The summed E-state index contributed by atoms with van der Waals surface area (Å²) in [4.78, 5) is 45.4. The molecule has 1 saturated heterocycles. The lowest BCUT2D eigenvalue weighted by molar-refractivity contribution is -0.116. The Kier molecular flexibility index (Phi) is 13.6. The molecule has 0 aliphatic carbocycles. The van der Waals surface area contributed by atoms with Gasteiger partial charge in [-0.1, -0.05) is 51.1 Å². The molecular weight excluding hydrogens is 735 g/mol. The Bertz CT molecular complexity index is 2260. The van der Waals surface area contributed by atoms with Gasteiger partial charge >= 0.3 is 6.03 Å². The van der Waals surface area contributed by atoms with Crippen LogP contribution in [0.2, 0.25) is 0 Å². The van der Waals surface area contributed by atoms with E-state index in [1.54, 1.807) is 39.5 Å². The average molecular weight is 788 g/mol. The number of rotatable bonds is 15. The Morgan fingerprint density at radius 3 is 2.33 bits per heavy atom. The number of morpholine rings is 1. The van der Waals surface area contributed by atoms with Crippen LogP contribution in [0.15, 0.2) is 85.1 Å². The molecule has 12 heteroatoms. The number of anilines is 2. The van der Waals surface area contributed by atoms with Gasteiger partial charge in [-0.05, 0) is 77.9 Å². The van der Waals surface area contributed by atoms with E-state index in [1.165, 1.54) is 0 Å². The Balaban J connectivity index is 1.16. The number of Topliss-reactive ketones (excluding diaryl/α,β-unsaturated/α-hetero) is 1. The molecule has 5 aromatic rings. The fourth-order valence-electron chi connectivity index (χ4n) is 6.92. The lowest BCUT2D eigenvalue weighted by atomic mass is 9.85. The van der Waals surface area contributed by atoms with Gasteiger partial charge in [0.15, 0.2) is 0 Å². The fraction of sp³-hybridized carbons (Fsp3) is 0.348. The zero-order valence-electron chi connectivity index (χ0n) is 34.2. The predicted octanol–water partition coefficient (Wildman–Crippen LogP) is 8.16. The number of ketones is 1. The van der Waals surface area contributed by atoms with Gasteiger partial charge in [0.1, 0.15) is 28.8 Å². The standard InChI is InChI=1S/C46H53N5O7/c1-30(52)11-12-32-26-34(46(2,3)4)28-41(43(32)56-6)50-45(54)49-40-13-14-42(39-10-8-7-9-38(39)40)58-36-15-16-47-35(29-36)24-31-23-33(27-37(25-31)55-5)44(53)48-17-18-51-19-21-57-22-20-51/h7-10,13-16,23,25-29H,11-12,17-22,24H2,1-6H3,(H,48,53)(H2,49,50,54). The molecule has 0 spiro atoms. The molecule has 0 atom stereocenters. The summed E-state index contributed by atoms with van der Waals surface area (Å²) >= 11 is 0. The number of amides is 3. The number of carbonyl (C=O) groups is 3. The molecule has 1 fully saturated rings. The van der Waals surface area contributed by atoms with Crippen molar-refractivity contribution in [3.63, 3.8) is 0 Å². The predicted molar refractivity (Wildman–Crippen MR) is 227 cm³/mol. The topological polar surface area (TPSA) is 140 Å². The molecule has 304 valence electrons. The molecule has 1 aliphatic rings. The largest absolute Gasteiger partial charge is 0.497 e. The van der Waals surface area contributed by atoms with Crippen molar-refractivity contribution < 1.29 is 33.3 Å². The van der Waals surface area contributed by atoms with Crippen molar-refractivity contribution >= 4 is 39.9 Å². The normalized spacial score (nSPS) is 13.1. The highest BCUT2D eigenvalue weighted by Gasteiger charge is 2.22. The van der Waals surface area contributed by atoms with Gasteiger partial charge in [-0.3, -0.25) is 14.7 Å². The summed E-state index contributed by atoms with van der Waals surface area (Å²) in [7, 11) is 3.15. The lowest BCUT2D eigenvalue weighted by Crippen LogP contribution is -2.41. The quantitative estimate of drug-likeness (QED) is 0.0959. The van der Waals surface area contributed by atoms with Crippen molar-refractivity contribution in [1.82, 2.24) is 15.2 Å². The molecule has 1 aromatic heterocycles. The zero-order valence-corrected chi connectivity index (χ0v) is 34.2. The van der Waals surface area contributed by atoms with Crippen LogP contribution in [0, 0.1) is 0 Å². The van der Waals surface area contributed by atoms with Gasteiger partial charge in [0.2, 0.25) is 0 Å². The number of nitrogens with zero attached hydrogens (tertiary/aromatic N) is 2. The van der Waals surface area contributed by atoms with E-state index in [0.29, 0.717) is 79.0 Å². The maximum absolute atomic E-state index is 13.6. The molecule has 0 saturated carbocycles. The highest BCUT2D eigenvalue weighted by atomic mass is 16.5. The minimum atomic E-state index is -0.439. The van der Waals surface area contributed by atoms with E-state index in [9.17, 15) is 14.4 Å². The summed E-state index contributed by atoms with van der Waals surface area (Å²) in [6.45, 7) is 12.3. The smallest absolute Gasteiger partial charge is 0.323 e. The molecule has 6 rings (SSSR count). The van der Waals surface area contributed by atoms with Crippen molar-refractivity contribution in [2.45, 2.75) is 52.4 Å². The van der Waals surface area contributed by atoms with E-state index in [0.717, 1.165) is 52.8 Å². The Hall–Kier alpha value is -5.98. The maximum atomic E-state index is 13.6. The number of hydrogen-bond acceptors (Lipinski definition) is 9. The van der Waals surface area contributed by atoms with Crippen LogP contribution in [-0.2, 0) is 27.8 Å². The van der Waals surface area contributed by atoms with E-state index < -0.39 is 6.03 Å². The maximum Gasteiger partial charge on any atom is 0.323 e. The molecule has 0 radical (unpaired) electrons. The SMILES string of the molecule is COc1cc(Cc2cc(Oc3ccc(NC(=O)Nc4cc(C(C)(C)C)cc(CCC(C)=O)c4OC)c4ccccc34)ccn2)cc(C(=O)NCCN2CCOCC2)c1. The molecule has 4 aromatic carbocycles. The number of hydrogen-bond donors (Lipinski definition) is 3. The number of carbonyl (C=O) groups excluding carboxylic acids is 3. The summed E-state index contributed by atoms with van der Waals surface area (Å²) in [6, 6.07) is 24.0. The van der Waals surface area contributed by atoms with E-state index in [1.807, 2.05) is 66.7 Å². The first-order valence-corrected chi connectivity index (χ1v) is 19.6. The van der Waals surface area contributed by atoms with E-state index in [-0.39, 0.29) is 17.1 Å². The summed E-state index contributed by atoms with van der Waals surface area (Å²) < 4.78 is 23.2. The summed E-state index contributed by atoms with van der Waals surface area (Å²) in [5.41, 5.74) is 4.93. The first-order valence-electron chi connectivity index (χ1n) is 19.6. The van der Waals surface area contributed by atoms with Crippen LogP contribution in [0.25, 0.3) is 10.8 Å². The van der Waals surface area contributed by atoms with Crippen LogP contribution in [0.4, 0.5) is 16.2 Å². The highest BCUT2D eigenvalue weighted by molar-refractivity contribution is 6.08. The lowest BCUT2D eigenvalue weighted by Gasteiger charge is -2.26. The molecule has 12 nitrogen and oxygen atoms in total. The molecule has 58 heavy (non-hydrogen) atoms. The third kappa shape index (κ3) is 10.9. The average Bonchev–Trinajstić information content (AvgIpc) is 3.20. The van der Waals surface area contributed by atoms with E-state index in [2.05, 4.69) is 46.6 Å². The summed E-state index contributed by atoms with van der Waals surface area (Å²) in [6.07, 6.45) is 3.02. The van der Waals surface area contributed by atoms with Crippen LogP contribution >= 0.6 is 0 Å². The van der Waals surface area contributed by atoms with Crippen molar-refractivity contribution in [3.05, 3.63) is 113 Å². The second-order valence-electron chi connectivity index (χ2n) is 15.4. The number of methoxy groups -OCH3 is 2. The third-order valence-electron chi connectivity index (χ3n) is 10.0. The van der Waals surface area contributed by atoms with Gasteiger partial charge in [-0.25, -0.2) is 4.79 Å². The number of ether oxygens (including phenoxy) is 4. The number of nitrogens with one attached hydrogen (secondary N) is 3. The molecule has 3 amide bonds. The van der Waals surface area contributed by atoms with Gasteiger partial charge < -0.3 is 39.7 Å². The Morgan fingerprint density at radius 1 is 0.845 bits per heavy atom. The molecular formula is C46H53N5O7. The third-order valence-corrected chi connectivity index (χ3v) is 10.0. The van der Waals surface area contributed by atoms with Crippen LogP contribution < -0.4 is 30.2 Å². The van der Waals surface area contributed by atoms with Crippen LogP contribution in [0.5, 0.6) is 23.0 Å². The molecule has 2 heterocycles. The van der Waals surface area contributed by atoms with Crippen molar-refractivity contribution in [3.8, 4) is 23.0 Å². The zero-order chi connectivity index (χ0) is 41.2. The number of aryl methyl sites for hydroxylation is 1. The fourth-order valence-corrected chi connectivity index (χ4v) is 6.92.